The fourth-order valence-electron chi connectivity index (χ4n) is 4.58. The molecule has 2 aromatic heterocycles. The monoisotopic (exact) mass is 433 g/mol. The summed E-state index contributed by atoms with van der Waals surface area (Å²) in [4.78, 5) is 28.9. The van der Waals surface area contributed by atoms with Gasteiger partial charge in [0.2, 0.25) is 0 Å². The van der Waals surface area contributed by atoms with Crippen LogP contribution in [0.4, 0.5) is 4.39 Å². The van der Waals surface area contributed by atoms with Crippen LogP contribution >= 0.6 is 0 Å². The average molecular weight is 433 g/mol. The second kappa shape index (κ2) is 7.82. The van der Waals surface area contributed by atoms with Gasteiger partial charge >= 0.3 is 0 Å². The van der Waals surface area contributed by atoms with E-state index in [1.807, 2.05) is 24.2 Å². The Kier molecular flexibility index (Phi) is 4.96. The van der Waals surface area contributed by atoms with Crippen LogP contribution in [-0.4, -0.2) is 40.1 Å². The molecule has 6 nitrogen and oxygen atoms in total. The highest BCUT2D eigenvalue weighted by molar-refractivity contribution is 6.07. The molecule has 7 heteroatoms. The van der Waals surface area contributed by atoms with E-state index in [9.17, 15) is 14.0 Å². The molecule has 0 spiro atoms. The van der Waals surface area contributed by atoms with Gasteiger partial charge in [0.25, 0.3) is 11.5 Å². The lowest BCUT2D eigenvalue weighted by Crippen LogP contribution is -2.36. The van der Waals surface area contributed by atoms with Crippen LogP contribution in [0.1, 0.15) is 29.6 Å². The zero-order valence-electron chi connectivity index (χ0n) is 18.1. The van der Waals surface area contributed by atoms with E-state index < -0.39 is 5.82 Å². The molecule has 0 bridgehead atoms. The number of ether oxygens (including phenoxy) is 1. The maximum absolute atomic E-state index is 14.5. The van der Waals surface area contributed by atoms with Crippen LogP contribution in [0, 0.1) is 5.82 Å². The fraction of sp³-hybridized carbons (Fsp3) is 0.280. The Bertz CT molecular complexity index is 1410. The van der Waals surface area contributed by atoms with Crippen LogP contribution < -0.4 is 10.3 Å². The number of halogens is 1. The van der Waals surface area contributed by atoms with Crippen LogP contribution in [0.3, 0.4) is 0 Å². The first-order valence-corrected chi connectivity index (χ1v) is 10.8. The lowest BCUT2D eigenvalue weighted by atomic mass is 10.0. The third-order valence-electron chi connectivity index (χ3n) is 6.30. The molecule has 5 rings (SSSR count). The predicted molar refractivity (Wildman–Crippen MR) is 122 cm³/mol. The lowest BCUT2D eigenvalue weighted by Gasteiger charge is -2.27. The molecular weight excluding hydrogens is 409 g/mol. The number of pyridine rings is 1. The van der Waals surface area contributed by atoms with E-state index in [0.717, 1.165) is 24.6 Å². The maximum atomic E-state index is 14.5. The van der Waals surface area contributed by atoms with Crippen LogP contribution in [0.2, 0.25) is 0 Å². The van der Waals surface area contributed by atoms with Gasteiger partial charge in [-0.1, -0.05) is 0 Å². The largest absolute Gasteiger partial charge is 0.497 e. The van der Waals surface area contributed by atoms with E-state index in [2.05, 4.69) is 0 Å². The smallest absolute Gasteiger partial charge is 0.263 e. The quantitative estimate of drug-likeness (QED) is 0.485. The summed E-state index contributed by atoms with van der Waals surface area (Å²) in [6, 6.07) is 9.76. The SMILES string of the molecule is COc1ccc2c(C(=O)N3CCCCC3)cn(-c3cc(F)cc4c3ccn4C)c(=O)c2c1. The Balaban J connectivity index is 1.81. The highest BCUT2D eigenvalue weighted by atomic mass is 19.1. The standard InChI is InChI=1S/C25H24FN3O3/c1-27-11-8-19-22(27)12-16(26)13-23(19)29-15-21(24(30)28-9-4-3-5-10-28)18-7-6-17(32-2)14-20(18)25(29)31/h6-8,11-15H,3-5,9-10H2,1-2H3. The first kappa shape index (κ1) is 20.3. The number of fused-ring (bicyclic) bond motifs is 2. The normalized spacial score (nSPS) is 14.3. The molecule has 2 aromatic carbocycles. The molecule has 0 unspecified atom stereocenters. The molecule has 164 valence electrons. The molecule has 1 fully saturated rings. The molecule has 0 atom stereocenters. The Hall–Kier alpha value is -3.61. The van der Waals surface area contributed by atoms with E-state index in [1.165, 1.54) is 23.8 Å². The van der Waals surface area contributed by atoms with Crippen molar-refractivity contribution >= 4 is 27.6 Å². The summed E-state index contributed by atoms with van der Waals surface area (Å²) in [7, 11) is 3.35. The first-order chi connectivity index (χ1) is 15.5. The van der Waals surface area contributed by atoms with Crippen molar-refractivity contribution in [3.05, 3.63) is 70.5 Å². The molecule has 1 saturated heterocycles. The van der Waals surface area contributed by atoms with Gasteiger partial charge in [0.15, 0.2) is 0 Å². The van der Waals surface area contributed by atoms with Crippen molar-refractivity contribution in [2.45, 2.75) is 19.3 Å². The summed E-state index contributed by atoms with van der Waals surface area (Å²) in [5.74, 6) is -0.0435. The van der Waals surface area contributed by atoms with Gasteiger partial charge in [-0.25, -0.2) is 4.39 Å². The molecule has 1 amide bonds. The van der Waals surface area contributed by atoms with Gasteiger partial charge in [-0.2, -0.15) is 0 Å². The van der Waals surface area contributed by atoms with Crippen molar-refractivity contribution in [3.63, 3.8) is 0 Å². The van der Waals surface area contributed by atoms with Gasteiger partial charge in [0.05, 0.1) is 29.3 Å². The van der Waals surface area contributed by atoms with E-state index in [1.54, 1.807) is 29.0 Å². The number of carbonyl (C=O) groups excluding carboxylic acids is 1. The van der Waals surface area contributed by atoms with E-state index >= 15 is 0 Å². The minimum Gasteiger partial charge on any atom is -0.497 e. The molecule has 4 aromatic rings. The number of likely N-dealkylation sites (tertiary alicyclic amines) is 1. The summed E-state index contributed by atoms with van der Waals surface area (Å²) >= 11 is 0. The highest BCUT2D eigenvalue weighted by Gasteiger charge is 2.23. The fourth-order valence-corrected chi connectivity index (χ4v) is 4.58. The molecule has 3 heterocycles. The van der Waals surface area contributed by atoms with Gasteiger partial charge in [-0.05, 0) is 55.7 Å². The molecule has 0 radical (unpaired) electrons. The first-order valence-electron chi connectivity index (χ1n) is 10.8. The number of hydrogen-bond acceptors (Lipinski definition) is 3. The maximum Gasteiger partial charge on any atom is 0.263 e. The molecule has 0 aliphatic carbocycles. The minimum absolute atomic E-state index is 0.116. The lowest BCUT2D eigenvalue weighted by molar-refractivity contribution is 0.0725. The molecular formula is C25H24FN3O3. The van der Waals surface area contributed by atoms with E-state index in [-0.39, 0.29) is 11.5 Å². The van der Waals surface area contributed by atoms with E-state index in [4.69, 9.17) is 4.74 Å². The van der Waals surface area contributed by atoms with Crippen molar-refractivity contribution in [2.24, 2.45) is 7.05 Å². The van der Waals surface area contributed by atoms with E-state index in [0.29, 0.717) is 46.4 Å². The van der Waals surface area contributed by atoms with Crippen molar-refractivity contribution in [1.82, 2.24) is 14.0 Å². The second-order valence-corrected chi connectivity index (χ2v) is 8.27. The van der Waals surface area contributed by atoms with Crippen LogP contribution in [0.15, 0.2) is 53.6 Å². The average Bonchev–Trinajstić information content (AvgIpc) is 3.19. The van der Waals surface area contributed by atoms with Gasteiger partial charge in [0.1, 0.15) is 11.6 Å². The Morgan fingerprint density at radius 1 is 1.00 bits per heavy atom. The number of aryl methyl sites for hydroxylation is 1. The number of piperidine rings is 1. The third kappa shape index (κ3) is 3.25. The number of carbonyl (C=O) groups is 1. The molecule has 1 aliphatic rings. The Morgan fingerprint density at radius 3 is 2.53 bits per heavy atom. The van der Waals surface area contributed by atoms with Crippen LogP contribution in [0.25, 0.3) is 27.4 Å². The second-order valence-electron chi connectivity index (χ2n) is 8.27. The van der Waals surface area contributed by atoms with Gasteiger partial charge in [0, 0.05) is 43.3 Å². The van der Waals surface area contributed by atoms with Crippen molar-refractivity contribution in [3.8, 4) is 11.4 Å². The minimum atomic E-state index is -0.448. The topological polar surface area (TPSA) is 56.5 Å². The number of hydrogen-bond donors (Lipinski definition) is 0. The number of methoxy groups -OCH3 is 1. The molecule has 1 aliphatic heterocycles. The summed E-state index contributed by atoms with van der Waals surface area (Å²) in [6.45, 7) is 1.39. The molecule has 0 N–H and O–H groups in total. The van der Waals surface area contributed by atoms with Gasteiger partial charge in [-0.3, -0.25) is 14.2 Å². The van der Waals surface area contributed by atoms with Crippen molar-refractivity contribution in [1.29, 1.82) is 0 Å². The Morgan fingerprint density at radius 2 is 1.78 bits per heavy atom. The number of rotatable bonds is 3. The van der Waals surface area contributed by atoms with Crippen LogP contribution in [0.5, 0.6) is 5.75 Å². The highest BCUT2D eigenvalue weighted by Crippen LogP contribution is 2.28. The zero-order valence-corrected chi connectivity index (χ0v) is 18.1. The summed E-state index contributed by atoms with van der Waals surface area (Å²) in [5.41, 5.74) is 1.17. The van der Waals surface area contributed by atoms with Crippen molar-refractivity contribution in [2.75, 3.05) is 20.2 Å². The number of nitrogens with zero attached hydrogens (tertiary/aromatic N) is 3. The summed E-state index contributed by atoms with van der Waals surface area (Å²) < 4.78 is 23.1. The number of aromatic nitrogens is 2. The molecule has 32 heavy (non-hydrogen) atoms. The number of benzene rings is 2. The van der Waals surface area contributed by atoms with Crippen LogP contribution in [-0.2, 0) is 7.05 Å². The zero-order chi connectivity index (χ0) is 22.4. The summed E-state index contributed by atoms with van der Waals surface area (Å²) in [5, 5.41) is 1.67. The van der Waals surface area contributed by atoms with Gasteiger partial charge in [-0.15, -0.1) is 0 Å². The third-order valence-corrected chi connectivity index (χ3v) is 6.30. The van der Waals surface area contributed by atoms with Crippen molar-refractivity contribution < 1.29 is 13.9 Å². The predicted octanol–water partition coefficient (Wildman–Crippen LogP) is 4.26. The van der Waals surface area contributed by atoms with Gasteiger partial charge < -0.3 is 14.2 Å². The molecule has 0 saturated carbocycles. The number of amides is 1. The summed E-state index contributed by atoms with van der Waals surface area (Å²) in [6.07, 6.45) is 6.42. The Labute approximate surface area is 184 Å².